The van der Waals surface area contributed by atoms with E-state index in [4.69, 9.17) is 16.0 Å². The molecular weight excluding hydrogens is 364 g/mol. The number of hydrogen-bond acceptors (Lipinski definition) is 3. The predicted octanol–water partition coefficient (Wildman–Crippen LogP) is 2.14. The highest BCUT2D eigenvalue weighted by Crippen LogP contribution is 2.37. The van der Waals surface area contributed by atoms with Crippen LogP contribution in [-0.2, 0) is 0 Å². The van der Waals surface area contributed by atoms with Gasteiger partial charge in [0.2, 0.25) is 5.76 Å². The fourth-order valence-corrected chi connectivity index (χ4v) is 3.72. The molecule has 138 valence electrons. The zero-order valence-corrected chi connectivity index (χ0v) is 15.9. The summed E-state index contributed by atoms with van der Waals surface area (Å²) in [6.07, 6.45) is 0. The van der Waals surface area contributed by atoms with Crippen molar-refractivity contribution in [1.82, 2.24) is 4.90 Å². The summed E-state index contributed by atoms with van der Waals surface area (Å²) in [5.74, 6) is -0.105. The third-order valence-electron chi connectivity index (χ3n) is 4.90. The molecular formula is C21H20ClN2O3+. The maximum Gasteiger partial charge on any atom is 0.291 e. The molecule has 1 atom stereocenters. The van der Waals surface area contributed by atoms with Crippen LogP contribution in [0.5, 0.6) is 0 Å². The molecule has 1 aliphatic heterocycles. The van der Waals surface area contributed by atoms with E-state index < -0.39 is 6.04 Å². The number of quaternary nitrogens is 1. The lowest BCUT2D eigenvalue weighted by molar-refractivity contribution is -0.857. The van der Waals surface area contributed by atoms with E-state index in [1.54, 1.807) is 23.1 Å². The van der Waals surface area contributed by atoms with Crippen molar-refractivity contribution in [3.63, 3.8) is 0 Å². The van der Waals surface area contributed by atoms with Crippen LogP contribution in [0.3, 0.4) is 0 Å². The summed E-state index contributed by atoms with van der Waals surface area (Å²) in [6, 6.07) is 14.0. The van der Waals surface area contributed by atoms with Gasteiger partial charge in [-0.15, -0.1) is 0 Å². The van der Waals surface area contributed by atoms with Crippen LogP contribution < -0.4 is 10.3 Å². The molecule has 0 saturated heterocycles. The van der Waals surface area contributed by atoms with E-state index in [0.29, 0.717) is 28.1 Å². The number of nitrogens with zero attached hydrogens (tertiary/aromatic N) is 1. The Hall–Kier alpha value is -2.63. The number of amides is 1. The Morgan fingerprint density at radius 2 is 1.85 bits per heavy atom. The van der Waals surface area contributed by atoms with E-state index in [1.807, 2.05) is 44.4 Å². The second-order valence-corrected chi connectivity index (χ2v) is 7.52. The van der Waals surface area contributed by atoms with Crippen molar-refractivity contribution in [3.8, 4) is 0 Å². The first-order chi connectivity index (χ1) is 13.0. The third-order valence-corrected chi connectivity index (χ3v) is 5.13. The summed E-state index contributed by atoms with van der Waals surface area (Å²) in [5, 5.41) is 0.860. The smallest absolute Gasteiger partial charge is 0.291 e. The highest BCUT2D eigenvalue weighted by atomic mass is 35.5. The van der Waals surface area contributed by atoms with Gasteiger partial charge in [-0.1, -0.05) is 41.9 Å². The molecule has 0 spiro atoms. The normalized spacial score (nSPS) is 16.4. The summed E-state index contributed by atoms with van der Waals surface area (Å²) in [5.41, 5.74) is 1.47. The van der Waals surface area contributed by atoms with Crippen LogP contribution in [-0.4, -0.2) is 38.0 Å². The predicted molar refractivity (Wildman–Crippen MR) is 104 cm³/mol. The molecule has 4 rings (SSSR count). The zero-order valence-electron chi connectivity index (χ0n) is 15.2. The summed E-state index contributed by atoms with van der Waals surface area (Å²) in [6.45, 7) is 1.30. The molecule has 0 aliphatic carbocycles. The van der Waals surface area contributed by atoms with Crippen molar-refractivity contribution < 1.29 is 14.1 Å². The van der Waals surface area contributed by atoms with Gasteiger partial charge < -0.3 is 14.2 Å². The maximum absolute atomic E-state index is 13.3. The molecule has 0 fully saturated rings. The van der Waals surface area contributed by atoms with Gasteiger partial charge in [0.05, 0.1) is 44.2 Å². The number of halogens is 1. The minimum absolute atomic E-state index is 0.137. The van der Waals surface area contributed by atoms with Crippen molar-refractivity contribution in [2.24, 2.45) is 0 Å². The highest BCUT2D eigenvalue weighted by Gasteiger charge is 2.42. The zero-order chi connectivity index (χ0) is 19.1. The Bertz CT molecular complexity index is 1080. The van der Waals surface area contributed by atoms with Crippen LogP contribution in [0.15, 0.2) is 57.7 Å². The number of carbonyl (C=O) groups excluding carboxylic acids is 1. The third kappa shape index (κ3) is 3.03. The molecule has 0 unspecified atom stereocenters. The van der Waals surface area contributed by atoms with Crippen molar-refractivity contribution in [2.45, 2.75) is 6.04 Å². The van der Waals surface area contributed by atoms with Crippen LogP contribution in [0.25, 0.3) is 11.0 Å². The van der Waals surface area contributed by atoms with Gasteiger partial charge in [0.15, 0.2) is 5.43 Å². The van der Waals surface area contributed by atoms with Crippen molar-refractivity contribution in [1.29, 1.82) is 0 Å². The van der Waals surface area contributed by atoms with Gasteiger partial charge >= 0.3 is 0 Å². The molecule has 1 aliphatic rings. The number of fused-ring (bicyclic) bond motifs is 2. The van der Waals surface area contributed by atoms with E-state index in [1.165, 1.54) is 4.90 Å². The maximum atomic E-state index is 13.3. The van der Waals surface area contributed by atoms with Crippen LogP contribution in [0, 0.1) is 0 Å². The van der Waals surface area contributed by atoms with Gasteiger partial charge in [0.1, 0.15) is 5.58 Å². The molecule has 6 heteroatoms. The largest absolute Gasteiger partial charge is 0.450 e. The van der Waals surface area contributed by atoms with Gasteiger partial charge in [0.25, 0.3) is 5.91 Å². The Morgan fingerprint density at radius 1 is 1.11 bits per heavy atom. The Morgan fingerprint density at radius 3 is 2.56 bits per heavy atom. The summed E-state index contributed by atoms with van der Waals surface area (Å²) < 4.78 is 5.88. The summed E-state index contributed by atoms with van der Waals surface area (Å²) in [7, 11) is 4.07. The average molecular weight is 384 g/mol. The Labute approximate surface area is 161 Å². The lowest BCUT2D eigenvalue weighted by Crippen LogP contribution is -3.06. The first-order valence-corrected chi connectivity index (χ1v) is 9.26. The van der Waals surface area contributed by atoms with Crippen molar-refractivity contribution in [3.05, 3.63) is 80.7 Å². The second kappa shape index (κ2) is 6.83. The van der Waals surface area contributed by atoms with Crippen LogP contribution in [0.4, 0.5) is 0 Å². The topological polar surface area (TPSA) is 55.0 Å². The number of carbonyl (C=O) groups is 1. The van der Waals surface area contributed by atoms with Gasteiger partial charge in [-0.3, -0.25) is 9.59 Å². The lowest BCUT2D eigenvalue weighted by Gasteiger charge is -2.25. The molecule has 27 heavy (non-hydrogen) atoms. The molecule has 2 aromatic carbocycles. The molecule has 1 N–H and O–H groups in total. The first-order valence-electron chi connectivity index (χ1n) is 8.88. The molecule has 1 aromatic heterocycles. The van der Waals surface area contributed by atoms with Gasteiger partial charge in [-0.05, 0) is 23.8 Å². The summed E-state index contributed by atoms with van der Waals surface area (Å²) in [4.78, 5) is 29.4. The molecule has 3 aromatic rings. The summed E-state index contributed by atoms with van der Waals surface area (Å²) >= 11 is 6.08. The fourth-order valence-electron chi connectivity index (χ4n) is 3.55. The quantitative estimate of drug-likeness (QED) is 0.751. The van der Waals surface area contributed by atoms with Crippen molar-refractivity contribution >= 4 is 28.5 Å². The van der Waals surface area contributed by atoms with Gasteiger partial charge in [-0.2, -0.15) is 0 Å². The standard InChI is InChI=1S/C21H19ClN2O3/c1-23(2)10-11-24-18(13-6-4-3-5-7-13)17-19(25)15-12-14(22)8-9-16(15)27-20(17)21(24)26/h3-9,12,18H,10-11H2,1-2H3/p+1/t18-/m1/s1. The van der Waals surface area contributed by atoms with Gasteiger partial charge in [0, 0.05) is 5.02 Å². The molecule has 0 radical (unpaired) electrons. The lowest BCUT2D eigenvalue weighted by atomic mass is 9.98. The Kier molecular flexibility index (Phi) is 4.50. The Balaban J connectivity index is 1.95. The van der Waals surface area contributed by atoms with Crippen molar-refractivity contribution in [2.75, 3.05) is 27.2 Å². The minimum Gasteiger partial charge on any atom is -0.450 e. The number of rotatable bonds is 4. The minimum atomic E-state index is -0.451. The van der Waals surface area contributed by atoms with E-state index in [9.17, 15) is 9.59 Å². The molecule has 5 nitrogen and oxygen atoms in total. The number of hydrogen-bond donors (Lipinski definition) is 1. The number of nitrogens with one attached hydrogen (secondary N) is 1. The van der Waals surface area contributed by atoms with E-state index in [0.717, 1.165) is 12.1 Å². The molecule has 0 saturated carbocycles. The second-order valence-electron chi connectivity index (χ2n) is 7.08. The van der Waals surface area contributed by atoms with Crippen LogP contribution in [0.2, 0.25) is 5.02 Å². The molecule has 0 bridgehead atoms. The molecule has 1 amide bonds. The fraction of sp³-hybridized carbons (Fsp3) is 0.238. The van der Waals surface area contributed by atoms with Crippen LogP contribution >= 0.6 is 11.6 Å². The average Bonchev–Trinajstić information content (AvgIpc) is 2.94. The van der Waals surface area contributed by atoms with E-state index in [2.05, 4.69) is 0 Å². The van der Waals surface area contributed by atoms with E-state index in [-0.39, 0.29) is 17.1 Å². The highest BCUT2D eigenvalue weighted by molar-refractivity contribution is 6.31. The number of likely N-dealkylation sites (N-methyl/N-ethyl adjacent to an activating group) is 1. The molecule has 2 heterocycles. The monoisotopic (exact) mass is 383 g/mol. The van der Waals surface area contributed by atoms with E-state index >= 15 is 0 Å². The first kappa shape index (κ1) is 17.8. The number of benzene rings is 2. The van der Waals surface area contributed by atoms with Crippen LogP contribution in [0.1, 0.15) is 27.7 Å². The van der Waals surface area contributed by atoms with Gasteiger partial charge in [-0.25, -0.2) is 0 Å². The SMILES string of the molecule is C[NH+](C)CCN1C(=O)c2oc3ccc(Cl)cc3c(=O)c2[C@H]1c1ccccc1.